The molecule has 0 spiro atoms. The maximum atomic E-state index is 11.9. The van der Waals surface area contributed by atoms with Gasteiger partial charge < -0.3 is 10.1 Å². The van der Waals surface area contributed by atoms with Crippen molar-refractivity contribution in [1.82, 2.24) is 4.98 Å². The highest BCUT2D eigenvalue weighted by Gasteiger charge is 2.20. The van der Waals surface area contributed by atoms with E-state index in [-0.39, 0.29) is 0 Å². The number of H-pyrrole nitrogens is 1. The number of carbonyl (C=O) groups is 3. The number of nitrogens with one attached hydrogen (secondary N) is 1. The van der Waals surface area contributed by atoms with Crippen LogP contribution >= 0.6 is 0 Å². The summed E-state index contributed by atoms with van der Waals surface area (Å²) in [7, 11) is 0. The minimum Gasteiger partial charge on any atom is -0.475 e. The fourth-order valence-corrected chi connectivity index (χ4v) is 1.93. The number of carboxylic acid groups (broad SMARTS) is 1. The minimum absolute atomic E-state index is 0.364. The maximum absolute atomic E-state index is 11.9. The summed E-state index contributed by atoms with van der Waals surface area (Å²) in [6, 6.07) is 9.57. The van der Waals surface area contributed by atoms with Gasteiger partial charge in [-0.25, -0.2) is 4.79 Å². The van der Waals surface area contributed by atoms with Crippen LogP contribution < -0.4 is 0 Å². The molecule has 0 aliphatic carbocycles. The first-order valence-electron chi connectivity index (χ1n) is 6.07. The lowest BCUT2D eigenvalue weighted by atomic mass is 10.00. The number of carboxylic acids is 1. The number of Topliss-reactive ketones (excluding diaryl/α,β-unsaturated/α-hetero) is 2. The first-order valence-corrected chi connectivity index (χ1v) is 6.07. The van der Waals surface area contributed by atoms with E-state index < -0.39 is 24.0 Å². The molecule has 0 bridgehead atoms. The zero-order chi connectivity index (χ0) is 14.5. The normalized spacial score (nSPS) is 10.2. The molecular formula is C15H13NO4. The average Bonchev–Trinajstić information content (AvgIpc) is 2.88. The average molecular weight is 271 g/mol. The van der Waals surface area contributed by atoms with Gasteiger partial charge in [0.2, 0.25) is 5.78 Å². The minimum atomic E-state index is -1.58. The third-order valence-corrected chi connectivity index (χ3v) is 2.93. The molecule has 102 valence electrons. The van der Waals surface area contributed by atoms with Crippen LogP contribution in [0.5, 0.6) is 0 Å². The van der Waals surface area contributed by atoms with Gasteiger partial charge in [0.15, 0.2) is 5.78 Å². The smallest absolute Gasteiger partial charge is 0.372 e. The monoisotopic (exact) mass is 271 g/mol. The molecule has 1 heterocycles. The number of aliphatic carboxylic acids is 1. The van der Waals surface area contributed by atoms with Gasteiger partial charge in [0.05, 0.1) is 6.42 Å². The van der Waals surface area contributed by atoms with Crippen molar-refractivity contribution < 1.29 is 19.5 Å². The molecule has 0 aliphatic heterocycles. The molecule has 1 aromatic carbocycles. The number of benzene rings is 1. The van der Waals surface area contributed by atoms with Crippen molar-refractivity contribution in [1.29, 1.82) is 0 Å². The van der Waals surface area contributed by atoms with Crippen LogP contribution in [0.3, 0.4) is 0 Å². The zero-order valence-electron chi connectivity index (χ0n) is 10.6. The van der Waals surface area contributed by atoms with E-state index >= 15 is 0 Å². The molecule has 1 aromatic heterocycles. The molecule has 0 saturated heterocycles. The van der Waals surface area contributed by atoms with Crippen LogP contribution in [0.15, 0.2) is 42.7 Å². The lowest BCUT2D eigenvalue weighted by molar-refractivity contribution is -0.148. The van der Waals surface area contributed by atoms with Crippen molar-refractivity contribution in [3.63, 3.8) is 0 Å². The van der Waals surface area contributed by atoms with Crippen LogP contribution in [-0.4, -0.2) is 27.6 Å². The largest absolute Gasteiger partial charge is 0.475 e. The van der Waals surface area contributed by atoms with Gasteiger partial charge in [0.1, 0.15) is 0 Å². The molecule has 5 nitrogen and oxygen atoms in total. The van der Waals surface area contributed by atoms with Gasteiger partial charge in [-0.2, -0.15) is 0 Å². The van der Waals surface area contributed by atoms with E-state index in [9.17, 15) is 14.4 Å². The zero-order valence-corrected chi connectivity index (χ0v) is 10.6. The van der Waals surface area contributed by atoms with E-state index in [0.29, 0.717) is 12.0 Å². The quantitative estimate of drug-likeness (QED) is 0.476. The Labute approximate surface area is 115 Å². The molecule has 2 aromatic rings. The summed E-state index contributed by atoms with van der Waals surface area (Å²) in [5, 5.41) is 8.52. The third kappa shape index (κ3) is 3.20. The van der Waals surface area contributed by atoms with Crippen LogP contribution in [-0.2, 0) is 16.0 Å². The van der Waals surface area contributed by atoms with Crippen molar-refractivity contribution in [2.45, 2.75) is 12.8 Å². The molecule has 2 N–H and O–H groups in total. The first kappa shape index (κ1) is 13.7. The Bertz CT molecular complexity index is 643. The third-order valence-electron chi connectivity index (χ3n) is 2.93. The van der Waals surface area contributed by atoms with Crippen molar-refractivity contribution in [3.05, 3.63) is 59.4 Å². The van der Waals surface area contributed by atoms with E-state index in [1.165, 1.54) is 6.20 Å². The fraction of sp³-hybridized carbons (Fsp3) is 0.133. The van der Waals surface area contributed by atoms with Crippen molar-refractivity contribution in [2.75, 3.05) is 0 Å². The molecule has 20 heavy (non-hydrogen) atoms. The van der Waals surface area contributed by atoms with E-state index in [2.05, 4.69) is 4.98 Å². The Hall–Kier alpha value is -2.69. The number of rotatable bonds is 6. The highest BCUT2D eigenvalue weighted by atomic mass is 16.4. The number of carbonyl (C=O) groups excluding carboxylic acids is 2. The molecule has 0 saturated carbocycles. The Kier molecular flexibility index (Phi) is 4.10. The second-order valence-electron chi connectivity index (χ2n) is 4.38. The lowest BCUT2D eigenvalue weighted by Gasteiger charge is -2.02. The predicted octanol–water partition coefficient (Wildman–Crippen LogP) is 1.83. The van der Waals surface area contributed by atoms with Gasteiger partial charge in [-0.1, -0.05) is 30.3 Å². The molecule has 0 unspecified atom stereocenters. The Morgan fingerprint density at radius 3 is 2.40 bits per heavy atom. The summed E-state index contributed by atoms with van der Waals surface area (Å²) in [5.74, 6) is -3.16. The van der Waals surface area contributed by atoms with Gasteiger partial charge in [-0.3, -0.25) is 9.59 Å². The van der Waals surface area contributed by atoms with Crippen LogP contribution in [0.2, 0.25) is 0 Å². The van der Waals surface area contributed by atoms with Gasteiger partial charge in [0, 0.05) is 18.0 Å². The second-order valence-corrected chi connectivity index (χ2v) is 4.38. The first-order chi connectivity index (χ1) is 9.58. The topological polar surface area (TPSA) is 87.2 Å². The number of aromatic amines is 1. The summed E-state index contributed by atoms with van der Waals surface area (Å²) in [4.78, 5) is 36.3. The molecule has 0 atom stereocenters. The van der Waals surface area contributed by atoms with Crippen LogP contribution in [0.1, 0.15) is 27.9 Å². The molecule has 2 rings (SSSR count). The molecular weight excluding hydrogens is 258 g/mol. The number of hydrogen-bond acceptors (Lipinski definition) is 3. The van der Waals surface area contributed by atoms with Crippen LogP contribution in [0, 0.1) is 0 Å². The lowest BCUT2D eigenvalue weighted by Crippen LogP contribution is -2.17. The van der Waals surface area contributed by atoms with E-state index in [4.69, 9.17) is 5.11 Å². The number of ketones is 2. The summed E-state index contributed by atoms with van der Waals surface area (Å²) in [6.07, 6.45) is 3.11. The summed E-state index contributed by atoms with van der Waals surface area (Å²) in [5.41, 5.74) is 2.15. The highest BCUT2D eigenvalue weighted by Crippen LogP contribution is 2.15. The standard InChI is InChI=1S/C15H13NO4/c17-13(7-14(18)15(19)20)12-9-16-8-11(12)6-10-4-2-1-3-5-10/h1-5,8-9,16H,6-7H2,(H,19,20). The number of hydrogen-bond donors (Lipinski definition) is 2. The van der Waals surface area contributed by atoms with E-state index in [1.807, 2.05) is 30.3 Å². The summed E-state index contributed by atoms with van der Waals surface area (Å²) < 4.78 is 0. The van der Waals surface area contributed by atoms with Gasteiger partial charge in [-0.15, -0.1) is 0 Å². The Morgan fingerprint density at radius 1 is 1.05 bits per heavy atom. The SMILES string of the molecule is O=C(O)C(=O)CC(=O)c1c[nH]cc1Cc1ccccc1. The predicted molar refractivity (Wildman–Crippen MR) is 71.6 cm³/mol. The molecule has 0 radical (unpaired) electrons. The highest BCUT2D eigenvalue weighted by molar-refractivity contribution is 6.37. The number of aromatic nitrogens is 1. The molecule has 5 heteroatoms. The van der Waals surface area contributed by atoms with Gasteiger partial charge in [0.25, 0.3) is 0 Å². The van der Waals surface area contributed by atoms with Crippen molar-refractivity contribution in [3.8, 4) is 0 Å². The molecule has 0 aliphatic rings. The van der Waals surface area contributed by atoms with Crippen LogP contribution in [0.25, 0.3) is 0 Å². The fourth-order valence-electron chi connectivity index (χ4n) is 1.93. The maximum Gasteiger partial charge on any atom is 0.372 e. The van der Waals surface area contributed by atoms with Gasteiger partial charge >= 0.3 is 5.97 Å². The second kappa shape index (κ2) is 5.97. The van der Waals surface area contributed by atoms with Gasteiger partial charge in [-0.05, 0) is 17.5 Å². The molecule has 0 fully saturated rings. The van der Waals surface area contributed by atoms with E-state index in [1.54, 1.807) is 6.20 Å². The van der Waals surface area contributed by atoms with Crippen molar-refractivity contribution >= 4 is 17.5 Å². The van der Waals surface area contributed by atoms with Crippen LogP contribution in [0.4, 0.5) is 0 Å². The van der Waals surface area contributed by atoms with Crippen molar-refractivity contribution in [2.24, 2.45) is 0 Å². The Morgan fingerprint density at radius 2 is 1.75 bits per heavy atom. The molecule has 0 amide bonds. The van der Waals surface area contributed by atoms with E-state index in [0.717, 1.165) is 11.1 Å². The summed E-state index contributed by atoms with van der Waals surface area (Å²) >= 11 is 0. The Balaban J connectivity index is 2.14. The summed E-state index contributed by atoms with van der Waals surface area (Å²) in [6.45, 7) is 0.